The molecule has 1 fully saturated rings. The van der Waals surface area contributed by atoms with E-state index in [1.807, 2.05) is 0 Å². The summed E-state index contributed by atoms with van der Waals surface area (Å²) >= 11 is 0. The molecule has 0 bridgehead atoms. The Bertz CT molecular complexity index is 211. The van der Waals surface area contributed by atoms with Gasteiger partial charge in [-0.25, -0.2) is 0 Å². The summed E-state index contributed by atoms with van der Waals surface area (Å²) < 4.78 is 11.0. The van der Waals surface area contributed by atoms with Crippen LogP contribution < -0.4 is 5.32 Å². The molecule has 0 radical (unpaired) electrons. The maximum Gasteiger partial charge on any atom is 0.0244 e. The van der Waals surface area contributed by atoms with Crippen LogP contribution in [0.25, 0.3) is 0 Å². The highest BCUT2D eigenvalue weighted by molar-refractivity contribution is 7.84. The second-order valence-corrected chi connectivity index (χ2v) is 6.23. The van der Waals surface area contributed by atoms with Crippen LogP contribution in [0.15, 0.2) is 0 Å². The van der Waals surface area contributed by atoms with Gasteiger partial charge in [0.05, 0.1) is 0 Å². The summed E-state index contributed by atoms with van der Waals surface area (Å²) in [5, 5.41) is 3.59. The molecule has 1 saturated heterocycles. The summed E-state index contributed by atoms with van der Waals surface area (Å²) in [4.78, 5) is 2.54. The summed E-state index contributed by atoms with van der Waals surface area (Å²) in [5.74, 6) is 0.853. The fourth-order valence-corrected chi connectivity index (χ4v) is 2.76. The van der Waals surface area contributed by atoms with Crippen molar-refractivity contribution in [1.82, 2.24) is 10.2 Å². The smallest absolute Gasteiger partial charge is 0.0244 e. The molecule has 16 heavy (non-hydrogen) atoms. The standard InChI is InChI=1S/C12H26N2OS/c1-3-12-6-10-14(8-4-7-13-12)9-5-11-16(2)15/h12-13H,3-11H2,1-2H3. The lowest BCUT2D eigenvalue weighted by atomic mass is 10.1. The Morgan fingerprint density at radius 2 is 2.25 bits per heavy atom. The topological polar surface area (TPSA) is 32.3 Å². The molecule has 0 aromatic heterocycles. The van der Waals surface area contributed by atoms with E-state index in [0.29, 0.717) is 6.04 Å². The number of rotatable bonds is 5. The summed E-state index contributed by atoms with van der Waals surface area (Å²) in [6, 6.07) is 0.697. The van der Waals surface area contributed by atoms with E-state index in [2.05, 4.69) is 17.1 Å². The number of hydrogen-bond acceptors (Lipinski definition) is 3. The minimum absolute atomic E-state index is 0.625. The summed E-state index contributed by atoms with van der Waals surface area (Å²) in [7, 11) is -0.625. The maximum atomic E-state index is 11.0. The second-order valence-electron chi connectivity index (χ2n) is 4.67. The number of hydrogen-bond donors (Lipinski definition) is 1. The lowest BCUT2D eigenvalue weighted by Gasteiger charge is -2.28. The van der Waals surface area contributed by atoms with Gasteiger partial charge in [0.15, 0.2) is 0 Å². The van der Waals surface area contributed by atoms with Gasteiger partial charge in [0, 0.05) is 28.9 Å². The monoisotopic (exact) mass is 246 g/mol. The van der Waals surface area contributed by atoms with Gasteiger partial charge in [-0.1, -0.05) is 6.92 Å². The van der Waals surface area contributed by atoms with Crippen LogP contribution in [-0.2, 0) is 10.8 Å². The lowest BCUT2D eigenvalue weighted by molar-refractivity contribution is 0.232. The van der Waals surface area contributed by atoms with Crippen molar-refractivity contribution in [3.63, 3.8) is 0 Å². The summed E-state index contributed by atoms with van der Waals surface area (Å²) in [5.41, 5.74) is 0. The van der Waals surface area contributed by atoms with Crippen molar-refractivity contribution in [1.29, 1.82) is 0 Å². The van der Waals surface area contributed by atoms with Crippen molar-refractivity contribution >= 4 is 10.8 Å². The van der Waals surface area contributed by atoms with Gasteiger partial charge in [-0.15, -0.1) is 0 Å². The fourth-order valence-electron chi connectivity index (χ4n) is 2.22. The largest absolute Gasteiger partial charge is 0.314 e. The van der Waals surface area contributed by atoms with E-state index in [1.54, 1.807) is 6.26 Å². The van der Waals surface area contributed by atoms with Crippen LogP contribution in [0.4, 0.5) is 0 Å². The SMILES string of the molecule is CCC1CCN(CCCS(C)=O)CCCN1. The molecule has 2 unspecified atom stereocenters. The minimum atomic E-state index is -0.625. The van der Waals surface area contributed by atoms with Crippen LogP contribution in [0.2, 0.25) is 0 Å². The molecule has 1 aliphatic heterocycles. The molecule has 2 atom stereocenters. The molecule has 1 N–H and O–H groups in total. The van der Waals surface area contributed by atoms with E-state index in [-0.39, 0.29) is 0 Å². The van der Waals surface area contributed by atoms with Crippen molar-refractivity contribution in [2.24, 2.45) is 0 Å². The lowest BCUT2D eigenvalue weighted by Crippen LogP contribution is -2.40. The Hall–Kier alpha value is 0.0700. The van der Waals surface area contributed by atoms with Gasteiger partial charge in [0.25, 0.3) is 0 Å². The van der Waals surface area contributed by atoms with Crippen molar-refractivity contribution in [3.05, 3.63) is 0 Å². The highest BCUT2D eigenvalue weighted by Gasteiger charge is 2.13. The zero-order valence-electron chi connectivity index (χ0n) is 10.7. The average molecular weight is 246 g/mol. The van der Waals surface area contributed by atoms with Crippen LogP contribution in [0.5, 0.6) is 0 Å². The quantitative estimate of drug-likeness (QED) is 0.791. The molecule has 0 spiro atoms. The van der Waals surface area contributed by atoms with Gasteiger partial charge in [0.2, 0.25) is 0 Å². The Balaban J connectivity index is 2.21. The molecule has 4 heteroatoms. The first kappa shape index (κ1) is 14.1. The zero-order valence-corrected chi connectivity index (χ0v) is 11.5. The first-order valence-corrected chi connectivity index (χ1v) is 8.21. The highest BCUT2D eigenvalue weighted by atomic mass is 32.2. The van der Waals surface area contributed by atoms with E-state index in [9.17, 15) is 4.21 Å². The molecule has 0 aromatic rings. The van der Waals surface area contributed by atoms with Crippen molar-refractivity contribution in [3.8, 4) is 0 Å². The Morgan fingerprint density at radius 3 is 2.94 bits per heavy atom. The van der Waals surface area contributed by atoms with Crippen LogP contribution in [0.3, 0.4) is 0 Å². The molecular weight excluding hydrogens is 220 g/mol. The van der Waals surface area contributed by atoms with Gasteiger partial charge in [-0.2, -0.15) is 0 Å². The van der Waals surface area contributed by atoms with E-state index < -0.39 is 10.8 Å². The Labute approximate surface area is 102 Å². The van der Waals surface area contributed by atoms with Gasteiger partial charge < -0.3 is 10.2 Å². The third-order valence-electron chi connectivity index (χ3n) is 3.28. The van der Waals surface area contributed by atoms with E-state index >= 15 is 0 Å². The van der Waals surface area contributed by atoms with Crippen LogP contribution in [-0.4, -0.2) is 53.3 Å². The molecular formula is C12H26N2OS. The number of nitrogens with zero attached hydrogens (tertiary/aromatic N) is 1. The first-order valence-electron chi connectivity index (χ1n) is 6.48. The average Bonchev–Trinajstić information content (AvgIpc) is 2.21. The van der Waals surface area contributed by atoms with E-state index in [0.717, 1.165) is 25.3 Å². The third kappa shape index (κ3) is 5.97. The molecule has 0 amide bonds. The normalized spacial score (nSPS) is 26.0. The van der Waals surface area contributed by atoms with Gasteiger partial charge in [0.1, 0.15) is 0 Å². The summed E-state index contributed by atoms with van der Waals surface area (Å²) in [6.45, 7) is 6.91. The minimum Gasteiger partial charge on any atom is -0.314 e. The van der Waals surface area contributed by atoms with E-state index in [4.69, 9.17) is 0 Å². The molecule has 96 valence electrons. The third-order valence-corrected chi connectivity index (χ3v) is 4.14. The van der Waals surface area contributed by atoms with Gasteiger partial charge >= 0.3 is 0 Å². The molecule has 0 aliphatic carbocycles. The molecule has 1 aliphatic rings. The maximum absolute atomic E-state index is 11.0. The number of nitrogens with one attached hydrogen (secondary N) is 1. The van der Waals surface area contributed by atoms with Crippen LogP contribution in [0, 0.1) is 0 Å². The predicted octanol–water partition coefficient (Wildman–Crippen LogP) is 1.22. The molecule has 1 rings (SSSR count). The van der Waals surface area contributed by atoms with Gasteiger partial charge in [-0.05, 0) is 51.9 Å². The highest BCUT2D eigenvalue weighted by Crippen LogP contribution is 2.06. The van der Waals surface area contributed by atoms with E-state index in [1.165, 1.54) is 32.4 Å². The predicted molar refractivity (Wildman–Crippen MR) is 71.3 cm³/mol. The fraction of sp³-hybridized carbons (Fsp3) is 1.00. The molecule has 3 nitrogen and oxygen atoms in total. The van der Waals surface area contributed by atoms with Gasteiger partial charge in [-0.3, -0.25) is 4.21 Å². The van der Waals surface area contributed by atoms with Crippen molar-refractivity contribution < 1.29 is 4.21 Å². The van der Waals surface area contributed by atoms with Crippen molar-refractivity contribution in [2.45, 2.75) is 38.6 Å². The van der Waals surface area contributed by atoms with Crippen LogP contribution in [0.1, 0.15) is 32.6 Å². The molecule has 0 saturated carbocycles. The first-order chi connectivity index (χ1) is 7.72. The zero-order chi connectivity index (χ0) is 11.8. The Kier molecular flexibility index (Phi) is 7.25. The molecule has 1 heterocycles. The summed E-state index contributed by atoms with van der Waals surface area (Å²) in [6.07, 6.45) is 6.60. The second kappa shape index (κ2) is 8.20. The molecule has 0 aromatic carbocycles. The van der Waals surface area contributed by atoms with Crippen LogP contribution >= 0.6 is 0 Å². The Morgan fingerprint density at radius 1 is 1.44 bits per heavy atom. The van der Waals surface area contributed by atoms with Crippen molar-refractivity contribution in [2.75, 3.05) is 38.2 Å².